The van der Waals surface area contributed by atoms with E-state index in [0.29, 0.717) is 28.9 Å². The number of aromatic nitrogens is 1. The van der Waals surface area contributed by atoms with Crippen LogP contribution >= 0.6 is 11.3 Å². The summed E-state index contributed by atoms with van der Waals surface area (Å²) in [6, 6.07) is 3.51. The number of thiazole rings is 1. The van der Waals surface area contributed by atoms with Gasteiger partial charge < -0.3 is 21.2 Å². The molecular weight excluding hydrogens is 340 g/mol. The highest BCUT2D eigenvalue weighted by molar-refractivity contribution is 7.90. The summed E-state index contributed by atoms with van der Waals surface area (Å²) in [6.07, 6.45) is 1.14. The summed E-state index contributed by atoms with van der Waals surface area (Å²) in [7, 11) is -3.38. The van der Waals surface area contributed by atoms with Gasteiger partial charge in [-0.3, -0.25) is 0 Å². The van der Waals surface area contributed by atoms with Crippen LogP contribution in [0, 0.1) is 0 Å². The van der Waals surface area contributed by atoms with Crippen LogP contribution in [0.2, 0.25) is 0 Å². The molecule has 0 unspecified atom stereocenters. The van der Waals surface area contributed by atoms with Gasteiger partial charge in [-0.15, -0.1) is 11.3 Å². The van der Waals surface area contributed by atoms with Crippen LogP contribution < -0.4 is 16.8 Å². The number of nitrogens with two attached hydrogens (primary N) is 2. The van der Waals surface area contributed by atoms with Gasteiger partial charge in [0, 0.05) is 5.38 Å². The van der Waals surface area contributed by atoms with Gasteiger partial charge in [0.2, 0.25) is 5.13 Å². The van der Waals surface area contributed by atoms with Crippen LogP contribution in [-0.4, -0.2) is 31.5 Å². The molecule has 5 N–H and O–H groups in total. The summed E-state index contributed by atoms with van der Waals surface area (Å²) in [5, 5.41) is 4.96. The standard InChI is InChI=1S/C12H16N6O3S2/c1-2-23(19,20)16-7-15-5-8-3-4-10(21-8)9-6-22-12(17-9)18-11(13)14/h3-4,6-7H,2,5H2,1H3,(H,15,16)(H4,13,14,17,18). The number of furan rings is 1. The van der Waals surface area contributed by atoms with Crippen molar-refractivity contribution in [2.45, 2.75) is 13.5 Å². The van der Waals surface area contributed by atoms with E-state index in [1.165, 1.54) is 18.3 Å². The minimum atomic E-state index is -3.38. The molecule has 0 spiro atoms. The van der Waals surface area contributed by atoms with Gasteiger partial charge in [0.25, 0.3) is 10.0 Å². The van der Waals surface area contributed by atoms with E-state index in [1.807, 2.05) is 0 Å². The van der Waals surface area contributed by atoms with E-state index in [2.05, 4.69) is 19.7 Å². The number of aliphatic imine (C=N–C) groups is 1. The van der Waals surface area contributed by atoms with Crippen molar-refractivity contribution in [3.63, 3.8) is 0 Å². The van der Waals surface area contributed by atoms with E-state index >= 15 is 0 Å². The summed E-state index contributed by atoms with van der Waals surface area (Å²) in [5.74, 6) is 1.07. The molecule has 0 atom stereocenters. The number of sulfonamides is 1. The van der Waals surface area contributed by atoms with Crippen LogP contribution in [0.5, 0.6) is 0 Å². The van der Waals surface area contributed by atoms with Gasteiger partial charge in [-0.25, -0.2) is 13.4 Å². The fourth-order valence-corrected chi connectivity index (χ4v) is 2.57. The Balaban J connectivity index is 1.98. The second kappa shape index (κ2) is 7.24. The highest BCUT2D eigenvalue weighted by Gasteiger charge is 2.09. The quantitative estimate of drug-likeness (QED) is 0.490. The van der Waals surface area contributed by atoms with Gasteiger partial charge >= 0.3 is 0 Å². The monoisotopic (exact) mass is 356 g/mol. The number of hydrogen-bond donors (Lipinski definition) is 3. The summed E-state index contributed by atoms with van der Waals surface area (Å²) < 4.78 is 31.4. The molecule has 0 saturated heterocycles. The molecule has 23 heavy (non-hydrogen) atoms. The van der Waals surface area contributed by atoms with Gasteiger partial charge in [0.05, 0.1) is 12.3 Å². The summed E-state index contributed by atoms with van der Waals surface area (Å²) in [6.45, 7) is 1.82. The number of hydrogen-bond acceptors (Lipinski definition) is 6. The predicted octanol–water partition coefficient (Wildman–Crippen LogP) is 0.776. The third-order valence-corrected chi connectivity index (χ3v) is 4.47. The zero-order chi connectivity index (χ0) is 16.9. The maximum absolute atomic E-state index is 11.2. The molecule has 2 aromatic heterocycles. The Morgan fingerprint density at radius 2 is 2.26 bits per heavy atom. The molecule has 2 rings (SSSR count). The van der Waals surface area contributed by atoms with Crippen molar-refractivity contribution in [3.05, 3.63) is 23.3 Å². The Morgan fingerprint density at radius 3 is 2.96 bits per heavy atom. The molecule has 0 amide bonds. The Morgan fingerprint density at radius 1 is 1.48 bits per heavy atom. The molecule has 0 saturated carbocycles. The van der Waals surface area contributed by atoms with E-state index in [-0.39, 0.29) is 11.7 Å². The molecule has 0 aliphatic rings. The second-order valence-electron chi connectivity index (χ2n) is 4.30. The maximum Gasteiger partial charge on any atom is 0.254 e. The Hall–Kier alpha value is -2.40. The van der Waals surface area contributed by atoms with Crippen LogP contribution in [-0.2, 0) is 16.6 Å². The molecule has 9 nitrogen and oxygen atoms in total. The van der Waals surface area contributed by atoms with Crippen LogP contribution in [0.1, 0.15) is 12.7 Å². The Bertz CT molecular complexity index is 817. The lowest BCUT2D eigenvalue weighted by Crippen LogP contribution is -2.21. The molecule has 0 radical (unpaired) electrons. The topological polar surface area (TPSA) is 149 Å². The highest BCUT2D eigenvalue weighted by atomic mass is 32.2. The van der Waals surface area contributed by atoms with Gasteiger partial charge in [-0.1, -0.05) is 0 Å². The van der Waals surface area contributed by atoms with Crippen molar-refractivity contribution in [2.75, 3.05) is 5.75 Å². The van der Waals surface area contributed by atoms with Crippen LogP contribution in [0.25, 0.3) is 11.5 Å². The highest BCUT2D eigenvalue weighted by Crippen LogP contribution is 2.27. The van der Waals surface area contributed by atoms with Gasteiger partial charge in [0.1, 0.15) is 17.8 Å². The van der Waals surface area contributed by atoms with Gasteiger partial charge in [-0.05, 0) is 19.1 Å². The van der Waals surface area contributed by atoms with Crippen LogP contribution in [0.15, 0.2) is 31.3 Å². The average Bonchev–Trinajstić information content (AvgIpc) is 3.12. The molecule has 124 valence electrons. The Kier molecular flexibility index (Phi) is 5.34. The van der Waals surface area contributed by atoms with E-state index in [0.717, 1.165) is 6.34 Å². The predicted molar refractivity (Wildman–Crippen MR) is 90.1 cm³/mol. The first-order valence-electron chi connectivity index (χ1n) is 6.53. The van der Waals surface area contributed by atoms with E-state index in [9.17, 15) is 8.42 Å². The molecule has 2 aromatic rings. The van der Waals surface area contributed by atoms with Gasteiger partial charge in [-0.2, -0.15) is 9.39 Å². The molecule has 0 aliphatic carbocycles. The number of nitrogens with zero attached hydrogens (tertiary/aromatic N) is 3. The van der Waals surface area contributed by atoms with Crippen molar-refractivity contribution < 1.29 is 12.8 Å². The van der Waals surface area contributed by atoms with Gasteiger partial charge in [0.15, 0.2) is 11.7 Å². The SMILES string of the molecule is CCS(=O)(=O)/N=C/NCc1ccc(-c2csc(N=C(N)N)n2)o1. The lowest BCUT2D eigenvalue weighted by Gasteiger charge is -1.96. The fraction of sp³-hybridized carbons (Fsp3) is 0.250. The number of rotatable bonds is 7. The molecule has 0 aromatic carbocycles. The summed E-state index contributed by atoms with van der Waals surface area (Å²) in [5.41, 5.74) is 11.2. The van der Waals surface area contributed by atoms with Crippen molar-refractivity contribution in [1.82, 2.24) is 10.3 Å². The molecule has 2 heterocycles. The van der Waals surface area contributed by atoms with Crippen molar-refractivity contribution in [2.24, 2.45) is 20.9 Å². The molecule has 11 heteroatoms. The second-order valence-corrected chi connectivity index (χ2v) is 7.09. The van der Waals surface area contributed by atoms with Crippen molar-refractivity contribution >= 4 is 38.8 Å². The lowest BCUT2D eigenvalue weighted by molar-refractivity contribution is 0.515. The minimum absolute atomic E-state index is 0.0436. The Labute approximate surface area is 137 Å². The van der Waals surface area contributed by atoms with E-state index < -0.39 is 10.0 Å². The third-order valence-electron chi connectivity index (χ3n) is 2.58. The van der Waals surface area contributed by atoms with Crippen molar-refractivity contribution in [3.8, 4) is 11.5 Å². The molecule has 0 bridgehead atoms. The van der Waals surface area contributed by atoms with Crippen LogP contribution in [0.3, 0.4) is 0 Å². The summed E-state index contributed by atoms with van der Waals surface area (Å²) in [4.78, 5) is 8.08. The molecular formula is C12H16N6O3S2. The normalized spacial score (nSPS) is 11.7. The first-order chi connectivity index (χ1) is 10.9. The third kappa shape index (κ3) is 5.07. The average molecular weight is 356 g/mol. The molecule has 0 aliphatic heterocycles. The molecule has 0 fully saturated rings. The smallest absolute Gasteiger partial charge is 0.254 e. The van der Waals surface area contributed by atoms with E-state index in [1.54, 1.807) is 17.5 Å². The fourth-order valence-electron chi connectivity index (χ4n) is 1.49. The lowest BCUT2D eigenvalue weighted by atomic mass is 10.3. The first kappa shape index (κ1) is 17.0. The van der Waals surface area contributed by atoms with Crippen molar-refractivity contribution in [1.29, 1.82) is 0 Å². The number of nitrogens with one attached hydrogen (secondary N) is 1. The first-order valence-corrected chi connectivity index (χ1v) is 9.02. The van der Waals surface area contributed by atoms with E-state index in [4.69, 9.17) is 15.9 Å². The van der Waals surface area contributed by atoms with Crippen LogP contribution in [0.4, 0.5) is 5.13 Å². The largest absolute Gasteiger partial charge is 0.458 e. The maximum atomic E-state index is 11.2. The zero-order valence-corrected chi connectivity index (χ0v) is 13.9. The number of guanidine groups is 1. The zero-order valence-electron chi connectivity index (χ0n) is 12.3. The minimum Gasteiger partial charge on any atom is -0.458 e. The summed E-state index contributed by atoms with van der Waals surface area (Å²) >= 11 is 1.29.